The SMILES string of the molecule is O=C(c1cccc2c1CCN2)N(CCO)c1cc(Cc2ccc(F)c(Cl)c2)ccn1. The molecule has 1 aliphatic rings. The molecule has 1 amide bonds. The van der Waals surface area contributed by atoms with Crippen LogP contribution in [-0.2, 0) is 12.8 Å². The number of amides is 1. The van der Waals surface area contributed by atoms with Crippen molar-refractivity contribution in [1.82, 2.24) is 4.98 Å². The molecule has 7 heteroatoms. The average molecular weight is 426 g/mol. The molecule has 2 aromatic carbocycles. The number of hydrogen-bond donors (Lipinski definition) is 2. The lowest BCUT2D eigenvalue weighted by molar-refractivity contribution is 0.0979. The predicted octanol–water partition coefficient (Wildman–Crippen LogP) is 4.07. The maximum Gasteiger partial charge on any atom is 0.259 e. The monoisotopic (exact) mass is 425 g/mol. The molecule has 5 nitrogen and oxygen atoms in total. The first-order valence-electron chi connectivity index (χ1n) is 9.74. The summed E-state index contributed by atoms with van der Waals surface area (Å²) >= 11 is 5.89. The van der Waals surface area contributed by atoms with E-state index in [9.17, 15) is 14.3 Å². The Morgan fingerprint density at radius 3 is 2.83 bits per heavy atom. The van der Waals surface area contributed by atoms with E-state index >= 15 is 0 Å². The van der Waals surface area contributed by atoms with E-state index in [1.165, 1.54) is 11.0 Å². The van der Waals surface area contributed by atoms with E-state index in [0.717, 1.165) is 35.3 Å². The van der Waals surface area contributed by atoms with Gasteiger partial charge < -0.3 is 10.4 Å². The van der Waals surface area contributed by atoms with Crippen molar-refractivity contribution in [2.24, 2.45) is 0 Å². The highest BCUT2D eigenvalue weighted by atomic mass is 35.5. The number of anilines is 2. The number of halogens is 2. The zero-order valence-electron chi connectivity index (χ0n) is 16.2. The van der Waals surface area contributed by atoms with Crippen molar-refractivity contribution in [2.75, 3.05) is 29.9 Å². The van der Waals surface area contributed by atoms with E-state index in [1.54, 1.807) is 18.3 Å². The molecule has 0 fully saturated rings. The number of nitrogens with one attached hydrogen (secondary N) is 1. The minimum Gasteiger partial charge on any atom is -0.395 e. The van der Waals surface area contributed by atoms with Gasteiger partial charge in [0.1, 0.15) is 11.6 Å². The lowest BCUT2D eigenvalue weighted by Gasteiger charge is -2.22. The van der Waals surface area contributed by atoms with Crippen LogP contribution in [0.3, 0.4) is 0 Å². The van der Waals surface area contributed by atoms with Crippen LogP contribution in [0.25, 0.3) is 0 Å². The summed E-state index contributed by atoms with van der Waals surface area (Å²) in [5.74, 6) is -0.192. The van der Waals surface area contributed by atoms with Crippen molar-refractivity contribution in [3.8, 4) is 0 Å². The molecule has 154 valence electrons. The standard InChI is InChI=1S/C23H21ClFN3O2/c24-19-13-15(4-5-20(19)25)12-16-6-8-27-22(14-16)28(10-11-29)23(30)18-2-1-3-21-17(18)7-9-26-21/h1-6,8,13-14,26,29H,7,9-12H2. The molecule has 2 N–H and O–H groups in total. The van der Waals surface area contributed by atoms with Crippen molar-refractivity contribution in [2.45, 2.75) is 12.8 Å². The third-order valence-corrected chi connectivity index (χ3v) is 5.43. The number of aliphatic hydroxyl groups excluding tert-OH is 1. The van der Waals surface area contributed by atoms with Gasteiger partial charge in [0.05, 0.1) is 18.2 Å². The molecule has 1 aromatic heterocycles. The van der Waals surface area contributed by atoms with E-state index < -0.39 is 5.82 Å². The summed E-state index contributed by atoms with van der Waals surface area (Å²) in [7, 11) is 0. The van der Waals surface area contributed by atoms with Crippen molar-refractivity contribution >= 4 is 29.0 Å². The van der Waals surface area contributed by atoms with Crippen LogP contribution in [0.2, 0.25) is 5.02 Å². The van der Waals surface area contributed by atoms with Crippen LogP contribution in [0.15, 0.2) is 54.7 Å². The lowest BCUT2D eigenvalue weighted by Crippen LogP contribution is -2.34. The van der Waals surface area contributed by atoms with Crippen LogP contribution < -0.4 is 10.2 Å². The maximum absolute atomic E-state index is 13.4. The van der Waals surface area contributed by atoms with Crippen LogP contribution in [0.5, 0.6) is 0 Å². The summed E-state index contributed by atoms with van der Waals surface area (Å²) in [6.07, 6.45) is 2.93. The summed E-state index contributed by atoms with van der Waals surface area (Å²) in [6.45, 7) is 0.751. The Kier molecular flexibility index (Phi) is 5.97. The van der Waals surface area contributed by atoms with E-state index in [2.05, 4.69) is 10.3 Å². The van der Waals surface area contributed by atoms with Crippen molar-refractivity contribution < 1.29 is 14.3 Å². The fraction of sp³-hybridized carbons (Fsp3) is 0.217. The van der Waals surface area contributed by atoms with Gasteiger partial charge in [-0.25, -0.2) is 9.37 Å². The number of nitrogens with zero attached hydrogens (tertiary/aromatic N) is 2. The van der Waals surface area contributed by atoms with Crippen molar-refractivity contribution in [1.29, 1.82) is 0 Å². The smallest absolute Gasteiger partial charge is 0.259 e. The minimum absolute atomic E-state index is 0.0745. The highest BCUT2D eigenvalue weighted by Crippen LogP contribution is 2.28. The molecule has 0 atom stereocenters. The average Bonchev–Trinajstić information content (AvgIpc) is 3.23. The number of carbonyl (C=O) groups excluding carboxylic acids is 1. The summed E-state index contributed by atoms with van der Waals surface area (Å²) in [6, 6.07) is 13.9. The third-order valence-electron chi connectivity index (χ3n) is 5.14. The number of aliphatic hydroxyl groups is 1. The van der Waals surface area contributed by atoms with E-state index in [-0.39, 0.29) is 24.1 Å². The van der Waals surface area contributed by atoms with Gasteiger partial charge in [0, 0.05) is 24.0 Å². The van der Waals surface area contributed by atoms with Crippen LogP contribution in [0.4, 0.5) is 15.9 Å². The molecule has 0 saturated carbocycles. The number of hydrogen-bond acceptors (Lipinski definition) is 4. The lowest BCUT2D eigenvalue weighted by atomic mass is 10.0. The molecule has 0 bridgehead atoms. The molecule has 3 aromatic rings. The van der Waals surface area contributed by atoms with Gasteiger partial charge in [-0.2, -0.15) is 0 Å². The maximum atomic E-state index is 13.4. The fourth-order valence-corrected chi connectivity index (χ4v) is 3.92. The second kappa shape index (κ2) is 8.81. The highest BCUT2D eigenvalue weighted by Gasteiger charge is 2.24. The Bertz CT molecular complexity index is 1090. The molecule has 2 heterocycles. The van der Waals surface area contributed by atoms with Gasteiger partial charge in [-0.05, 0) is 65.9 Å². The van der Waals surface area contributed by atoms with E-state index in [1.807, 2.05) is 30.3 Å². The van der Waals surface area contributed by atoms with E-state index in [0.29, 0.717) is 17.8 Å². The largest absolute Gasteiger partial charge is 0.395 e. The molecule has 0 spiro atoms. The van der Waals surface area contributed by atoms with Crippen molar-refractivity contribution in [3.63, 3.8) is 0 Å². The van der Waals surface area contributed by atoms with Gasteiger partial charge in [0.25, 0.3) is 5.91 Å². The molecular formula is C23H21ClFN3O2. The van der Waals surface area contributed by atoms with Crippen molar-refractivity contribution in [3.05, 3.63) is 87.8 Å². The number of aromatic nitrogens is 1. The second-order valence-electron chi connectivity index (χ2n) is 7.14. The Morgan fingerprint density at radius 2 is 2.03 bits per heavy atom. The van der Waals surface area contributed by atoms with Crippen LogP contribution in [0, 0.1) is 5.82 Å². The van der Waals surface area contributed by atoms with Crippen LogP contribution >= 0.6 is 11.6 Å². The van der Waals surface area contributed by atoms with Gasteiger partial charge in [0.15, 0.2) is 0 Å². The van der Waals surface area contributed by atoms with Crippen LogP contribution in [0.1, 0.15) is 27.0 Å². The van der Waals surface area contributed by atoms with Crippen LogP contribution in [-0.4, -0.2) is 35.7 Å². The normalized spacial score (nSPS) is 12.4. The molecular weight excluding hydrogens is 405 g/mol. The highest BCUT2D eigenvalue weighted by molar-refractivity contribution is 6.30. The second-order valence-corrected chi connectivity index (χ2v) is 7.54. The minimum atomic E-state index is -0.458. The molecule has 30 heavy (non-hydrogen) atoms. The molecule has 0 aliphatic carbocycles. The Labute approximate surface area is 179 Å². The summed E-state index contributed by atoms with van der Waals surface area (Å²) in [4.78, 5) is 19.2. The van der Waals surface area contributed by atoms with Gasteiger partial charge in [-0.15, -0.1) is 0 Å². The summed E-state index contributed by atoms with van der Waals surface area (Å²) in [5, 5.41) is 12.9. The van der Waals surface area contributed by atoms with Gasteiger partial charge in [-0.1, -0.05) is 23.7 Å². The number of carbonyl (C=O) groups is 1. The Morgan fingerprint density at radius 1 is 1.20 bits per heavy atom. The van der Waals surface area contributed by atoms with Gasteiger partial charge in [-0.3, -0.25) is 9.69 Å². The first-order valence-corrected chi connectivity index (χ1v) is 10.1. The summed E-state index contributed by atoms with van der Waals surface area (Å²) < 4.78 is 13.4. The number of pyridine rings is 1. The number of rotatable bonds is 6. The Hall–Kier alpha value is -2.96. The number of fused-ring (bicyclic) bond motifs is 1. The number of benzene rings is 2. The molecule has 0 radical (unpaired) electrons. The molecule has 0 saturated heterocycles. The molecule has 1 aliphatic heterocycles. The quantitative estimate of drug-likeness (QED) is 0.624. The fourth-order valence-electron chi connectivity index (χ4n) is 3.71. The van der Waals surface area contributed by atoms with E-state index in [4.69, 9.17) is 11.6 Å². The van der Waals surface area contributed by atoms with Gasteiger partial charge in [0.2, 0.25) is 0 Å². The topological polar surface area (TPSA) is 65.5 Å². The van der Waals surface area contributed by atoms with Gasteiger partial charge >= 0.3 is 0 Å². The zero-order chi connectivity index (χ0) is 21.1. The predicted molar refractivity (Wildman–Crippen MR) is 116 cm³/mol. The summed E-state index contributed by atoms with van der Waals surface area (Å²) in [5.41, 5.74) is 4.33. The zero-order valence-corrected chi connectivity index (χ0v) is 17.0. The molecule has 0 unspecified atom stereocenters. The first kappa shape index (κ1) is 20.3. The third kappa shape index (κ3) is 4.15. The molecule has 4 rings (SSSR count). The first-order chi connectivity index (χ1) is 14.6. The Balaban J connectivity index is 1.63.